The van der Waals surface area contributed by atoms with Crippen molar-refractivity contribution in [3.05, 3.63) is 45.7 Å². The van der Waals surface area contributed by atoms with Gasteiger partial charge in [-0.25, -0.2) is 0 Å². The molecule has 4 rings (SSSR count). The van der Waals surface area contributed by atoms with Crippen molar-refractivity contribution in [2.45, 2.75) is 38.8 Å². The molecule has 0 N–H and O–H groups in total. The van der Waals surface area contributed by atoms with Crippen molar-refractivity contribution >= 4 is 0 Å². The first-order chi connectivity index (χ1) is 12.2. The highest BCUT2D eigenvalue weighted by atomic mass is 16.5. The lowest BCUT2D eigenvalue weighted by Gasteiger charge is -2.25. The Morgan fingerprint density at radius 1 is 1.32 bits per heavy atom. The maximum absolute atomic E-state index is 12.5. The van der Waals surface area contributed by atoms with Crippen LogP contribution in [0.5, 0.6) is 11.5 Å². The van der Waals surface area contributed by atoms with Crippen molar-refractivity contribution in [1.82, 2.24) is 4.57 Å². The van der Waals surface area contributed by atoms with Gasteiger partial charge in [0.15, 0.2) is 0 Å². The molecule has 1 fully saturated rings. The van der Waals surface area contributed by atoms with E-state index in [0.717, 1.165) is 48.4 Å². The van der Waals surface area contributed by atoms with E-state index in [1.54, 1.807) is 13.2 Å². The summed E-state index contributed by atoms with van der Waals surface area (Å²) in [5, 5.41) is 0. The van der Waals surface area contributed by atoms with Crippen LogP contribution in [0.25, 0.3) is 11.3 Å². The summed E-state index contributed by atoms with van der Waals surface area (Å²) in [5.74, 6) is 1.51. The normalized spacial score (nSPS) is 18.6. The van der Waals surface area contributed by atoms with Gasteiger partial charge in [0.05, 0.1) is 18.9 Å². The largest absolute Gasteiger partial charge is 0.496 e. The summed E-state index contributed by atoms with van der Waals surface area (Å²) in [6, 6.07) is 7.56. The number of ether oxygens (including phenoxy) is 3. The Kier molecular flexibility index (Phi) is 4.25. The Morgan fingerprint density at radius 2 is 2.20 bits per heavy atom. The topological polar surface area (TPSA) is 49.7 Å². The fourth-order valence-corrected chi connectivity index (χ4v) is 3.82. The van der Waals surface area contributed by atoms with Crippen molar-refractivity contribution in [3.8, 4) is 22.8 Å². The van der Waals surface area contributed by atoms with Gasteiger partial charge in [0.25, 0.3) is 5.56 Å². The minimum absolute atomic E-state index is 0.0149. The van der Waals surface area contributed by atoms with Gasteiger partial charge in [-0.05, 0) is 49.4 Å². The molecule has 132 valence electrons. The predicted octanol–water partition coefficient (Wildman–Crippen LogP) is 2.95. The summed E-state index contributed by atoms with van der Waals surface area (Å²) in [4.78, 5) is 12.5. The van der Waals surface area contributed by atoms with Gasteiger partial charge in [0.2, 0.25) is 0 Å². The lowest BCUT2D eigenvalue weighted by Crippen LogP contribution is -2.26. The zero-order chi connectivity index (χ0) is 17.4. The highest BCUT2D eigenvalue weighted by molar-refractivity contribution is 5.70. The molecule has 1 aromatic heterocycles. The highest BCUT2D eigenvalue weighted by Crippen LogP contribution is 2.35. The van der Waals surface area contributed by atoms with Crippen LogP contribution in [0, 0.1) is 6.92 Å². The first-order valence-corrected chi connectivity index (χ1v) is 8.83. The monoisotopic (exact) mass is 341 g/mol. The van der Waals surface area contributed by atoms with Crippen LogP contribution in [0.3, 0.4) is 0 Å². The third-order valence-electron chi connectivity index (χ3n) is 5.19. The second-order valence-corrected chi connectivity index (χ2v) is 6.68. The zero-order valence-corrected chi connectivity index (χ0v) is 14.7. The average molecular weight is 341 g/mol. The number of aromatic nitrogens is 1. The zero-order valence-electron chi connectivity index (χ0n) is 14.7. The summed E-state index contributed by atoms with van der Waals surface area (Å²) in [6.07, 6.45) is 3.07. The van der Waals surface area contributed by atoms with Gasteiger partial charge >= 0.3 is 0 Å². The number of hydrogen-bond acceptors (Lipinski definition) is 4. The summed E-state index contributed by atoms with van der Waals surface area (Å²) in [5.41, 5.74) is 4.38. The Labute approximate surface area is 147 Å². The van der Waals surface area contributed by atoms with Crippen LogP contribution < -0.4 is 15.0 Å². The molecular weight excluding hydrogens is 318 g/mol. The summed E-state index contributed by atoms with van der Waals surface area (Å²) >= 11 is 0. The van der Waals surface area contributed by atoms with Crippen molar-refractivity contribution < 1.29 is 14.2 Å². The molecule has 1 saturated heterocycles. The van der Waals surface area contributed by atoms with E-state index in [2.05, 4.69) is 6.92 Å². The van der Waals surface area contributed by atoms with Crippen LogP contribution in [0.4, 0.5) is 0 Å². The van der Waals surface area contributed by atoms with Gasteiger partial charge in [0, 0.05) is 30.8 Å². The van der Waals surface area contributed by atoms with E-state index in [-0.39, 0.29) is 11.7 Å². The van der Waals surface area contributed by atoms with Crippen molar-refractivity contribution in [2.75, 3.05) is 20.3 Å². The molecule has 0 saturated carbocycles. The van der Waals surface area contributed by atoms with Gasteiger partial charge in [-0.1, -0.05) is 0 Å². The summed E-state index contributed by atoms with van der Waals surface area (Å²) < 4.78 is 18.7. The Morgan fingerprint density at radius 3 is 2.96 bits per heavy atom. The molecule has 0 radical (unpaired) electrons. The van der Waals surface area contributed by atoms with E-state index in [9.17, 15) is 4.79 Å². The molecule has 5 nitrogen and oxygen atoms in total. The van der Waals surface area contributed by atoms with Crippen molar-refractivity contribution in [1.29, 1.82) is 0 Å². The quantitative estimate of drug-likeness (QED) is 0.858. The van der Waals surface area contributed by atoms with E-state index in [4.69, 9.17) is 14.2 Å². The second kappa shape index (κ2) is 6.56. The summed E-state index contributed by atoms with van der Waals surface area (Å²) in [7, 11) is 1.69. The van der Waals surface area contributed by atoms with Crippen LogP contribution >= 0.6 is 0 Å². The molecule has 5 heteroatoms. The molecule has 0 bridgehead atoms. The van der Waals surface area contributed by atoms with Gasteiger partial charge in [-0.15, -0.1) is 0 Å². The molecule has 2 aromatic rings. The fraction of sp³-hybridized carbons (Fsp3) is 0.450. The second-order valence-electron chi connectivity index (χ2n) is 6.68. The molecule has 0 amide bonds. The van der Waals surface area contributed by atoms with Crippen LogP contribution in [-0.2, 0) is 17.7 Å². The van der Waals surface area contributed by atoms with Crippen molar-refractivity contribution in [2.24, 2.45) is 0 Å². The summed E-state index contributed by atoms with van der Waals surface area (Å²) in [6.45, 7) is 4.05. The van der Waals surface area contributed by atoms with Gasteiger partial charge in [-0.3, -0.25) is 4.79 Å². The lowest BCUT2D eigenvalue weighted by molar-refractivity contribution is 0.0679. The van der Waals surface area contributed by atoms with Crippen LogP contribution in [0.15, 0.2) is 29.1 Å². The maximum Gasteiger partial charge on any atom is 0.254 e. The van der Waals surface area contributed by atoms with E-state index in [1.807, 2.05) is 22.8 Å². The highest BCUT2D eigenvalue weighted by Gasteiger charge is 2.22. The van der Waals surface area contributed by atoms with Crippen LogP contribution in [-0.4, -0.2) is 31.0 Å². The Hall–Kier alpha value is -2.27. The molecule has 2 aliphatic rings. The molecule has 1 unspecified atom stereocenters. The number of rotatable bonds is 4. The first kappa shape index (κ1) is 16.2. The minimum atomic E-state index is -0.0149. The number of fused-ring (bicyclic) bond motifs is 3. The molecular formula is C20H23NO4. The van der Waals surface area contributed by atoms with Crippen molar-refractivity contribution in [3.63, 3.8) is 0 Å². The molecule has 0 aliphatic carbocycles. The van der Waals surface area contributed by atoms with Gasteiger partial charge < -0.3 is 18.8 Å². The Bertz CT molecular complexity index is 850. The van der Waals surface area contributed by atoms with Gasteiger partial charge in [-0.2, -0.15) is 0 Å². The third-order valence-corrected chi connectivity index (χ3v) is 5.19. The van der Waals surface area contributed by atoms with E-state index < -0.39 is 0 Å². The molecule has 1 atom stereocenters. The standard InChI is InChI=1S/C20H23NO4/c1-13-16-7-8-21-18(17(16)5-6-19(13)23-2)10-15(11-20(21)22)25-12-14-4-3-9-24-14/h5-6,10-11,14H,3-4,7-9,12H2,1-2H3. The number of nitrogens with zero attached hydrogens (tertiary/aromatic N) is 1. The number of benzene rings is 1. The lowest BCUT2D eigenvalue weighted by atomic mass is 9.92. The third kappa shape index (κ3) is 2.93. The SMILES string of the molecule is COc1ccc2c(c1C)CCn1c-2cc(OCC2CCCO2)cc1=O. The number of hydrogen-bond donors (Lipinski definition) is 0. The van der Waals surface area contributed by atoms with E-state index >= 15 is 0 Å². The molecule has 3 heterocycles. The fourth-order valence-electron chi connectivity index (χ4n) is 3.82. The predicted molar refractivity (Wildman–Crippen MR) is 95.6 cm³/mol. The van der Waals surface area contributed by atoms with Gasteiger partial charge in [0.1, 0.15) is 18.1 Å². The average Bonchev–Trinajstić information content (AvgIpc) is 3.14. The van der Waals surface area contributed by atoms with Crippen LogP contribution in [0.2, 0.25) is 0 Å². The smallest absolute Gasteiger partial charge is 0.254 e. The molecule has 2 aliphatic heterocycles. The molecule has 1 aromatic carbocycles. The molecule has 25 heavy (non-hydrogen) atoms. The van der Waals surface area contributed by atoms with Crippen LogP contribution in [0.1, 0.15) is 24.0 Å². The van der Waals surface area contributed by atoms with E-state index in [1.165, 1.54) is 5.56 Å². The number of pyridine rings is 1. The molecule has 0 spiro atoms. The maximum atomic E-state index is 12.5. The minimum Gasteiger partial charge on any atom is -0.496 e. The first-order valence-electron chi connectivity index (χ1n) is 8.83. The van der Waals surface area contributed by atoms with E-state index in [0.29, 0.717) is 18.9 Å². The number of methoxy groups -OCH3 is 1. The Balaban J connectivity index is 1.70.